The molecule has 1 aromatic carbocycles. The Bertz CT molecular complexity index is 299. The molecular formula is C9H9ClO2. The molecule has 0 saturated carbocycles. The normalized spacial score (nSPS) is 20.3. The lowest BCUT2D eigenvalue weighted by molar-refractivity contribution is 0.134. The molecule has 1 aromatic rings. The van der Waals surface area contributed by atoms with Crippen molar-refractivity contribution in [2.45, 2.75) is 12.5 Å². The summed E-state index contributed by atoms with van der Waals surface area (Å²) in [5.74, 6) is 0.846. The van der Waals surface area contributed by atoms with Crippen LogP contribution in [0.3, 0.4) is 0 Å². The van der Waals surface area contributed by atoms with Crippen LogP contribution in [0.4, 0.5) is 0 Å². The third-order valence-corrected chi connectivity index (χ3v) is 2.20. The van der Waals surface area contributed by atoms with Gasteiger partial charge in [-0.3, -0.25) is 0 Å². The molecule has 0 aromatic heterocycles. The highest BCUT2D eigenvalue weighted by Gasteiger charge is 2.21. The Kier molecular flexibility index (Phi) is 1.95. The molecule has 0 amide bonds. The van der Waals surface area contributed by atoms with Crippen LogP contribution in [0.25, 0.3) is 0 Å². The number of benzene rings is 1. The van der Waals surface area contributed by atoms with Gasteiger partial charge in [0.15, 0.2) is 0 Å². The van der Waals surface area contributed by atoms with Crippen molar-refractivity contribution in [1.82, 2.24) is 0 Å². The van der Waals surface area contributed by atoms with Gasteiger partial charge in [-0.25, -0.2) is 0 Å². The van der Waals surface area contributed by atoms with Crippen molar-refractivity contribution < 1.29 is 9.84 Å². The first-order chi connectivity index (χ1) is 5.79. The number of halogens is 1. The monoisotopic (exact) mass is 184 g/mol. The topological polar surface area (TPSA) is 29.5 Å². The molecule has 1 atom stereocenters. The number of aliphatic hydroxyl groups is 1. The molecule has 0 spiro atoms. The third-order valence-electron chi connectivity index (χ3n) is 1.97. The Morgan fingerprint density at radius 1 is 1.58 bits per heavy atom. The molecule has 0 saturated heterocycles. The van der Waals surface area contributed by atoms with Crippen LogP contribution in [-0.2, 0) is 6.42 Å². The van der Waals surface area contributed by atoms with Gasteiger partial charge >= 0.3 is 0 Å². The zero-order chi connectivity index (χ0) is 8.55. The van der Waals surface area contributed by atoms with E-state index in [1.807, 2.05) is 12.1 Å². The van der Waals surface area contributed by atoms with Gasteiger partial charge in [-0.1, -0.05) is 11.6 Å². The molecule has 0 bridgehead atoms. The molecule has 2 nitrogen and oxygen atoms in total. The fourth-order valence-electron chi connectivity index (χ4n) is 1.39. The van der Waals surface area contributed by atoms with E-state index in [4.69, 9.17) is 21.4 Å². The van der Waals surface area contributed by atoms with E-state index in [0.29, 0.717) is 0 Å². The Morgan fingerprint density at radius 2 is 2.42 bits per heavy atom. The molecule has 0 radical (unpaired) electrons. The summed E-state index contributed by atoms with van der Waals surface area (Å²) in [6.45, 7) is 0.0618. The van der Waals surface area contributed by atoms with E-state index in [1.165, 1.54) is 0 Å². The van der Waals surface area contributed by atoms with E-state index in [9.17, 15) is 0 Å². The highest BCUT2D eigenvalue weighted by atomic mass is 35.5. The first-order valence-electron chi connectivity index (χ1n) is 3.85. The van der Waals surface area contributed by atoms with Gasteiger partial charge < -0.3 is 9.84 Å². The predicted octanol–water partition coefficient (Wildman–Crippen LogP) is 1.64. The predicted molar refractivity (Wildman–Crippen MR) is 46.7 cm³/mol. The van der Waals surface area contributed by atoms with Crippen LogP contribution in [0.15, 0.2) is 18.2 Å². The smallest absolute Gasteiger partial charge is 0.126 e. The van der Waals surface area contributed by atoms with Crippen LogP contribution >= 0.6 is 11.6 Å². The molecule has 1 unspecified atom stereocenters. The van der Waals surface area contributed by atoms with Gasteiger partial charge in [0.1, 0.15) is 11.9 Å². The lowest BCUT2D eigenvalue weighted by atomic mass is 10.1. The molecule has 0 fully saturated rings. The molecule has 3 heteroatoms. The van der Waals surface area contributed by atoms with Gasteiger partial charge in [0.2, 0.25) is 0 Å². The quantitative estimate of drug-likeness (QED) is 0.719. The van der Waals surface area contributed by atoms with Crippen LogP contribution in [0, 0.1) is 0 Å². The van der Waals surface area contributed by atoms with E-state index in [2.05, 4.69) is 0 Å². The lowest BCUT2D eigenvalue weighted by Crippen LogP contribution is -2.17. The largest absolute Gasteiger partial charge is 0.487 e. The van der Waals surface area contributed by atoms with Gasteiger partial charge in [-0.05, 0) is 23.8 Å². The number of hydrogen-bond acceptors (Lipinski definition) is 2. The summed E-state index contributed by atoms with van der Waals surface area (Å²) in [4.78, 5) is 0. The van der Waals surface area contributed by atoms with Crippen LogP contribution in [0.5, 0.6) is 5.75 Å². The second-order valence-electron chi connectivity index (χ2n) is 2.88. The van der Waals surface area contributed by atoms with E-state index >= 15 is 0 Å². The molecule has 1 N–H and O–H groups in total. The molecule has 2 rings (SSSR count). The van der Waals surface area contributed by atoms with Gasteiger partial charge in [-0.15, -0.1) is 0 Å². The maximum Gasteiger partial charge on any atom is 0.126 e. The number of rotatable bonds is 1. The zero-order valence-electron chi connectivity index (χ0n) is 6.46. The maximum atomic E-state index is 8.85. The molecule has 1 aliphatic rings. The Hall–Kier alpha value is -0.730. The summed E-state index contributed by atoms with van der Waals surface area (Å²) >= 11 is 5.80. The summed E-state index contributed by atoms with van der Waals surface area (Å²) < 4.78 is 5.40. The van der Waals surface area contributed by atoms with Gasteiger partial charge in [0.05, 0.1) is 6.61 Å². The van der Waals surface area contributed by atoms with Crippen molar-refractivity contribution in [2.24, 2.45) is 0 Å². The number of ether oxygens (including phenoxy) is 1. The van der Waals surface area contributed by atoms with Crippen molar-refractivity contribution >= 4 is 11.6 Å². The standard InChI is InChI=1S/C9H9ClO2/c10-7-1-2-9-6(3-7)4-8(5-11)12-9/h1-3,8,11H,4-5H2. The van der Waals surface area contributed by atoms with Crippen molar-refractivity contribution in [3.8, 4) is 5.75 Å². The minimum Gasteiger partial charge on any atom is -0.487 e. The summed E-state index contributed by atoms with van der Waals surface area (Å²) in [5.41, 5.74) is 1.08. The average Bonchev–Trinajstić information content (AvgIpc) is 2.46. The molecule has 12 heavy (non-hydrogen) atoms. The summed E-state index contributed by atoms with van der Waals surface area (Å²) in [6, 6.07) is 5.51. The molecule has 64 valence electrons. The van der Waals surface area contributed by atoms with Crippen molar-refractivity contribution in [1.29, 1.82) is 0 Å². The minimum absolute atomic E-state index is 0.0618. The summed E-state index contributed by atoms with van der Waals surface area (Å²) in [7, 11) is 0. The fourth-order valence-corrected chi connectivity index (χ4v) is 1.59. The van der Waals surface area contributed by atoms with E-state index in [1.54, 1.807) is 6.07 Å². The highest BCUT2D eigenvalue weighted by Crippen LogP contribution is 2.30. The highest BCUT2D eigenvalue weighted by molar-refractivity contribution is 6.30. The Balaban J connectivity index is 2.30. The van der Waals surface area contributed by atoms with Gasteiger partial charge in [0, 0.05) is 11.4 Å². The van der Waals surface area contributed by atoms with Crippen molar-refractivity contribution in [2.75, 3.05) is 6.61 Å². The SMILES string of the molecule is OCC1Cc2cc(Cl)ccc2O1. The van der Waals surface area contributed by atoms with Crippen LogP contribution in [-0.4, -0.2) is 17.8 Å². The number of aliphatic hydroxyl groups excluding tert-OH is 1. The number of hydrogen-bond donors (Lipinski definition) is 1. The molecule has 1 heterocycles. The lowest BCUT2D eigenvalue weighted by Gasteiger charge is -2.04. The van der Waals surface area contributed by atoms with Crippen LogP contribution in [0.1, 0.15) is 5.56 Å². The van der Waals surface area contributed by atoms with E-state index in [-0.39, 0.29) is 12.7 Å². The second kappa shape index (κ2) is 2.96. The maximum absolute atomic E-state index is 8.85. The van der Waals surface area contributed by atoms with E-state index < -0.39 is 0 Å². The van der Waals surface area contributed by atoms with Crippen LogP contribution in [0.2, 0.25) is 5.02 Å². The van der Waals surface area contributed by atoms with Crippen molar-refractivity contribution in [3.05, 3.63) is 28.8 Å². The minimum atomic E-state index is -0.0848. The Morgan fingerprint density at radius 3 is 3.17 bits per heavy atom. The van der Waals surface area contributed by atoms with E-state index in [0.717, 1.165) is 22.8 Å². The summed E-state index contributed by atoms with van der Waals surface area (Å²) in [5, 5.41) is 9.57. The van der Waals surface area contributed by atoms with Crippen molar-refractivity contribution in [3.63, 3.8) is 0 Å². The fraction of sp³-hybridized carbons (Fsp3) is 0.333. The summed E-state index contributed by atoms with van der Waals surface area (Å²) in [6.07, 6.45) is 0.672. The molecule has 1 aliphatic heterocycles. The molecule has 0 aliphatic carbocycles. The number of fused-ring (bicyclic) bond motifs is 1. The first kappa shape index (κ1) is 7.90. The first-order valence-corrected chi connectivity index (χ1v) is 4.23. The molecular weight excluding hydrogens is 176 g/mol. The second-order valence-corrected chi connectivity index (χ2v) is 3.32. The zero-order valence-corrected chi connectivity index (χ0v) is 7.21. The average molecular weight is 185 g/mol. The van der Waals surface area contributed by atoms with Gasteiger partial charge in [0.25, 0.3) is 0 Å². The Labute approximate surface area is 75.7 Å². The van der Waals surface area contributed by atoms with Gasteiger partial charge in [-0.2, -0.15) is 0 Å². The van der Waals surface area contributed by atoms with Crippen LogP contribution < -0.4 is 4.74 Å². The third kappa shape index (κ3) is 1.28.